The molecule has 0 amide bonds. The predicted octanol–water partition coefficient (Wildman–Crippen LogP) is 4.51. The van der Waals surface area contributed by atoms with Gasteiger partial charge in [-0.25, -0.2) is 4.39 Å². The molecule has 2 unspecified atom stereocenters. The molecule has 0 radical (unpaired) electrons. The van der Waals surface area contributed by atoms with Crippen LogP contribution in [0, 0.1) is 12.7 Å². The summed E-state index contributed by atoms with van der Waals surface area (Å²) < 4.78 is 13.4. The van der Waals surface area contributed by atoms with Crippen molar-refractivity contribution in [1.29, 1.82) is 0 Å². The number of hydrogen-bond donors (Lipinski definition) is 1. The van der Waals surface area contributed by atoms with Crippen molar-refractivity contribution in [3.8, 4) is 0 Å². The summed E-state index contributed by atoms with van der Waals surface area (Å²) in [5, 5.41) is 3.47. The molecule has 3 rings (SSSR count). The van der Waals surface area contributed by atoms with Gasteiger partial charge in [0.25, 0.3) is 0 Å². The van der Waals surface area contributed by atoms with E-state index in [1.807, 2.05) is 20.0 Å². The summed E-state index contributed by atoms with van der Waals surface area (Å²) in [6.45, 7) is 2.00. The second kappa shape index (κ2) is 5.98. The second-order valence-corrected chi connectivity index (χ2v) is 5.96. The molecular formula is C19H22FN. The minimum Gasteiger partial charge on any atom is -0.312 e. The predicted molar refractivity (Wildman–Crippen MR) is 85.1 cm³/mol. The number of benzene rings is 2. The summed E-state index contributed by atoms with van der Waals surface area (Å²) in [7, 11) is 2.00. The Kier molecular flexibility index (Phi) is 4.07. The molecule has 2 aromatic rings. The fraction of sp³-hybridized carbons (Fsp3) is 0.368. The van der Waals surface area contributed by atoms with E-state index in [9.17, 15) is 4.39 Å². The van der Waals surface area contributed by atoms with Gasteiger partial charge < -0.3 is 5.32 Å². The van der Waals surface area contributed by atoms with Gasteiger partial charge in [0.05, 0.1) is 0 Å². The molecule has 2 aromatic carbocycles. The molecular weight excluding hydrogens is 261 g/mol. The lowest BCUT2D eigenvalue weighted by Gasteiger charge is -2.33. The van der Waals surface area contributed by atoms with Crippen LogP contribution in [0.25, 0.3) is 0 Å². The molecule has 0 aromatic heterocycles. The maximum absolute atomic E-state index is 13.4. The second-order valence-electron chi connectivity index (χ2n) is 5.96. The van der Waals surface area contributed by atoms with Crippen molar-refractivity contribution in [2.75, 3.05) is 7.05 Å². The average Bonchev–Trinajstić information content (AvgIpc) is 2.50. The fourth-order valence-corrected chi connectivity index (χ4v) is 3.70. The van der Waals surface area contributed by atoms with Crippen molar-refractivity contribution < 1.29 is 4.39 Å². The molecule has 1 aliphatic carbocycles. The Hall–Kier alpha value is -1.67. The van der Waals surface area contributed by atoms with Crippen molar-refractivity contribution in [1.82, 2.24) is 5.32 Å². The Morgan fingerprint density at radius 3 is 2.76 bits per heavy atom. The van der Waals surface area contributed by atoms with Crippen molar-refractivity contribution in [2.45, 2.75) is 38.1 Å². The first-order valence-corrected chi connectivity index (χ1v) is 7.72. The standard InChI is InChI=1S/C19H22FN/c1-13-12-15(20)10-11-16(13)19(21-2)18-9-5-7-14-6-3-4-8-17(14)18/h3-4,6,8,10-12,18-19,21H,5,7,9H2,1-2H3. The van der Waals surface area contributed by atoms with E-state index >= 15 is 0 Å². The van der Waals surface area contributed by atoms with E-state index in [4.69, 9.17) is 0 Å². The topological polar surface area (TPSA) is 12.0 Å². The minimum atomic E-state index is -0.157. The van der Waals surface area contributed by atoms with E-state index in [1.165, 1.54) is 36.0 Å². The summed E-state index contributed by atoms with van der Waals surface area (Å²) >= 11 is 0. The number of hydrogen-bond acceptors (Lipinski definition) is 1. The van der Waals surface area contributed by atoms with E-state index in [0.29, 0.717) is 5.92 Å². The zero-order chi connectivity index (χ0) is 14.8. The van der Waals surface area contributed by atoms with Crippen LogP contribution in [-0.4, -0.2) is 7.05 Å². The molecule has 0 saturated heterocycles. The number of rotatable bonds is 3. The molecule has 0 bridgehead atoms. The smallest absolute Gasteiger partial charge is 0.123 e. The first-order valence-electron chi connectivity index (χ1n) is 7.72. The highest BCUT2D eigenvalue weighted by atomic mass is 19.1. The Labute approximate surface area is 126 Å². The highest BCUT2D eigenvalue weighted by Gasteiger charge is 2.28. The molecule has 2 atom stereocenters. The largest absolute Gasteiger partial charge is 0.312 e. The summed E-state index contributed by atoms with van der Waals surface area (Å²) in [6, 6.07) is 14.1. The molecule has 21 heavy (non-hydrogen) atoms. The van der Waals surface area contributed by atoms with Gasteiger partial charge in [0.2, 0.25) is 0 Å². The molecule has 0 aliphatic heterocycles. The molecule has 0 saturated carbocycles. The molecule has 0 heterocycles. The van der Waals surface area contributed by atoms with Crippen LogP contribution < -0.4 is 5.32 Å². The van der Waals surface area contributed by atoms with Gasteiger partial charge in [-0.2, -0.15) is 0 Å². The van der Waals surface area contributed by atoms with Gasteiger partial charge in [0.15, 0.2) is 0 Å². The third kappa shape index (κ3) is 2.73. The van der Waals surface area contributed by atoms with Crippen LogP contribution in [0.3, 0.4) is 0 Å². The van der Waals surface area contributed by atoms with Crippen LogP contribution in [0.15, 0.2) is 42.5 Å². The molecule has 1 nitrogen and oxygen atoms in total. The van der Waals surface area contributed by atoms with Gasteiger partial charge in [0, 0.05) is 12.0 Å². The first-order chi connectivity index (χ1) is 10.2. The molecule has 2 heteroatoms. The third-order valence-corrected chi connectivity index (χ3v) is 4.70. The van der Waals surface area contributed by atoms with Crippen LogP contribution >= 0.6 is 0 Å². The maximum atomic E-state index is 13.4. The maximum Gasteiger partial charge on any atom is 0.123 e. The number of halogens is 1. The highest BCUT2D eigenvalue weighted by Crippen LogP contribution is 2.40. The quantitative estimate of drug-likeness (QED) is 0.873. The van der Waals surface area contributed by atoms with E-state index in [2.05, 4.69) is 29.6 Å². The number of fused-ring (bicyclic) bond motifs is 1. The van der Waals surface area contributed by atoms with E-state index < -0.39 is 0 Å². The number of aryl methyl sites for hydroxylation is 2. The van der Waals surface area contributed by atoms with Crippen molar-refractivity contribution in [2.24, 2.45) is 0 Å². The lowest BCUT2D eigenvalue weighted by Crippen LogP contribution is -2.27. The van der Waals surface area contributed by atoms with Gasteiger partial charge in [-0.3, -0.25) is 0 Å². The van der Waals surface area contributed by atoms with E-state index in [1.54, 1.807) is 12.1 Å². The first kappa shape index (κ1) is 14.3. The lowest BCUT2D eigenvalue weighted by molar-refractivity contribution is 0.423. The van der Waals surface area contributed by atoms with Gasteiger partial charge in [-0.1, -0.05) is 30.3 Å². The molecule has 0 fully saturated rings. The summed E-state index contributed by atoms with van der Waals surface area (Å²) in [6.07, 6.45) is 3.57. The minimum absolute atomic E-state index is 0.157. The highest BCUT2D eigenvalue weighted by molar-refractivity contribution is 5.38. The van der Waals surface area contributed by atoms with Crippen LogP contribution in [0.2, 0.25) is 0 Å². The van der Waals surface area contributed by atoms with Gasteiger partial charge >= 0.3 is 0 Å². The average molecular weight is 283 g/mol. The van der Waals surface area contributed by atoms with Crippen LogP contribution in [-0.2, 0) is 6.42 Å². The normalized spacial score (nSPS) is 19.1. The summed E-state index contributed by atoms with van der Waals surface area (Å²) in [5.74, 6) is 0.305. The Morgan fingerprint density at radius 2 is 2.00 bits per heavy atom. The van der Waals surface area contributed by atoms with Crippen LogP contribution in [0.4, 0.5) is 4.39 Å². The molecule has 1 aliphatic rings. The van der Waals surface area contributed by atoms with E-state index in [-0.39, 0.29) is 11.9 Å². The van der Waals surface area contributed by atoms with Gasteiger partial charge in [-0.05, 0) is 67.6 Å². The number of nitrogens with one attached hydrogen (secondary N) is 1. The van der Waals surface area contributed by atoms with Crippen molar-refractivity contribution >= 4 is 0 Å². The third-order valence-electron chi connectivity index (χ3n) is 4.70. The monoisotopic (exact) mass is 283 g/mol. The van der Waals surface area contributed by atoms with Crippen molar-refractivity contribution in [3.63, 3.8) is 0 Å². The van der Waals surface area contributed by atoms with Crippen molar-refractivity contribution in [3.05, 3.63) is 70.5 Å². The van der Waals surface area contributed by atoms with Gasteiger partial charge in [-0.15, -0.1) is 0 Å². The van der Waals surface area contributed by atoms with E-state index in [0.717, 1.165) is 5.56 Å². The fourth-order valence-electron chi connectivity index (χ4n) is 3.70. The Morgan fingerprint density at radius 1 is 1.19 bits per heavy atom. The van der Waals surface area contributed by atoms with Crippen LogP contribution in [0.5, 0.6) is 0 Å². The lowest BCUT2D eigenvalue weighted by atomic mass is 9.76. The molecule has 1 N–H and O–H groups in total. The summed E-state index contributed by atoms with van der Waals surface area (Å²) in [4.78, 5) is 0. The Bertz CT molecular complexity index is 635. The summed E-state index contributed by atoms with van der Waals surface area (Å²) in [5.41, 5.74) is 5.15. The molecule has 0 spiro atoms. The van der Waals surface area contributed by atoms with Crippen LogP contribution in [0.1, 0.15) is 47.1 Å². The van der Waals surface area contributed by atoms with Gasteiger partial charge in [0.1, 0.15) is 5.82 Å². The SMILES string of the molecule is CNC(c1ccc(F)cc1C)C1CCCc2ccccc21. The zero-order valence-corrected chi connectivity index (χ0v) is 12.7. The zero-order valence-electron chi connectivity index (χ0n) is 12.7. The molecule has 110 valence electrons. The Balaban J connectivity index is 2.01. The number of likely N-dealkylation sites (N-methyl/N-ethyl adjacent to an activating group) is 1.